The summed E-state index contributed by atoms with van der Waals surface area (Å²) in [5.74, 6) is 0.388. The monoisotopic (exact) mass is 380 g/mol. The number of ether oxygens (including phenoxy) is 3. The summed E-state index contributed by atoms with van der Waals surface area (Å²) in [7, 11) is 4.26. The van der Waals surface area contributed by atoms with Crippen LogP contribution < -0.4 is 14.2 Å². The van der Waals surface area contributed by atoms with Gasteiger partial charge in [0.05, 0.1) is 26.9 Å². The maximum atomic E-state index is 12.8. The molecule has 0 aliphatic carbocycles. The molecule has 9 heteroatoms. The number of hydrogen-bond donors (Lipinski definition) is 0. The molecule has 0 atom stereocenters. The van der Waals surface area contributed by atoms with Crippen LogP contribution in [-0.4, -0.2) is 36.5 Å². The Morgan fingerprint density at radius 3 is 2.19 bits per heavy atom. The van der Waals surface area contributed by atoms with Crippen molar-refractivity contribution in [1.29, 1.82) is 0 Å². The van der Waals surface area contributed by atoms with Crippen molar-refractivity contribution in [2.24, 2.45) is 0 Å². The number of carbonyl (C=O) groups excluding carboxylic acids is 1. The van der Waals surface area contributed by atoms with Crippen molar-refractivity contribution in [3.8, 4) is 17.2 Å². The van der Waals surface area contributed by atoms with Crippen molar-refractivity contribution in [1.82, 2.24) is 9.38 Å². The minimum Gasteiger partial charge on any atom is -0.493 e. The fraction of sp³-hybridized carbons (Fsp3) is 0.222. The van der Waals surface area contributed by atoms with Gasteiger partial charge in [-0.1, -0.05) is 0 Å². The minimum atomic E-state index is -4.49. The van der Waals surface area contributed by atoms with E-state index >= 15 is 0 Å². The molecule has 27 heavy (non-hydrogen) atoms. The number of carbonyl (C=O) groups is 1. The Kier molecular flexibility index (Phi) is 4.69. The summed E-state index contributed by atoms with van der Waals surface area (Å²) in [5.41, 5.74) is -0.638. The van der Waals surface area contributed by atoms with Crippen LogP contribution in [0.25, 0.3) is 5.65 Å². The number of ketones is 1. The Balaban J connectivity index is 2.05. The van der Waals surface area contributed by atoms with Crippen LogP contribution in [0.5, 0.6) is 17.2 Å². The Morgan fingerprint density at radius 2 is 1.67 bits per heavy atom. The lowest BCUT2D eigenvalue weighted by Gasteiger charge is -2.13. The van der Waals surface area contributed by atoms with Crippen LogP contribution in [0.4, 0.5) is 13.2 Å². The number of nitrogens with zero attached hydrogens (tertiary/aromatic N) is 2. The van der Waals surface area contributed by atoms with Crippen LogP contribution in [0.15, 0.2) is 36.7 Å². The predicted molar refractivity (Wildman–Crippen MR) is 89.7 cm³/mol. The minimum absolute atomic E-state index is 0.0106. The van der Waals surface area contributed by atoms with Gasteiger partial charge >= 0.3 is 6.18 Å². The molecule has 3 rings (SSSR count). The molecular formula is C18H15F3N2O4. The van der Waals surface area contributed by atoms with E-state index in [1.807, 2.05) is 0 Å². The van der Waals surface area contributed by atoms with E-state index in [4.69, 9.17) is 14.2 Å². The Hall–Kier alpha value is -3.23. The molecule has 0 amide bonds. The molecule has 1 aromatic carbocycles. The van der Waals surface area contributed by atoms with Crippen molar-refractivity contribution in [2.45, 2.75) is 6.18 Å². The molecule has 0 spiro atoms. The quantitative estimate of drug-likeness (QED) is 0.633. The number of imidazole rings is 1. The van der Waals surface area contributed by atoms with Gasteiger partial charge in [-0.25, -0.2) is 4.98 Å². The van der Waals surface area contributed by atoms with Crippen LogP contribution in [0.2, 0.25) is 0 Å². The van der Waals surface area contributed by atoms with Gasteiger partial charge in [0.1, 0.15) is 11.3 Å². The fourth-order valence-corrected chi connectivity index (χ4v) is 2.63. The van der Waals surface area contributed by atoms with Gasteiger partial charge in [0.15, 0.2) is 11.5 Å². The van der Waals surface area contributed by atoms with E-state index in [2.05, 4.69) is 4.98 Å². The molecule has 2 aromatic heterocycles. The third kappa shape index (κ3) is 3.40. The van der Waals surface area contributed by atoms with Gasteiger partial charge in [-0.15, -0.1) is 0 Å². The lowest BCUT2D eigenvalue weighted by molar-refractivity contribution is -0.137. The predicted octanol–water partition coefficient (Wildman–Crippen LogP) is 3.61. The van der Waals surface area contributed by atoms with E-state index < -0.39 is 17.5 Å². The topological polar surface area (TPSA) is 62.1 Å². The molecule has 0 N–H and O–H groups in total. The van der Waals surface area contributed by atoms with Crippen molar-refractivity contribution in [3.63, 3.8) is 0 Å². The summed E-state index contributed by atoms with van der Waals surface area (Å²) in [6.45, 7) is 0. The number of alkyl halides is 3. The first-order valence-corrected chi connectivity index (χ1v) is 7.69. The summed E-state index contributed by atoms with van der Waals surface area (Å²) < 4.78 is 55.5. The summed E-state index contributed by atoms with van der Waals surface area (Å²) in [4.78, 5) is 16.8. The zero-order valence-electron chi connectivity index (χ0n) is 14.6. The second-order valence-corrected chi connectivity index (χ2v) is 5.55. The van der Waals surface area contributed by atoms with Gasteiger partial charge in [-0.3, -0.25) is 4.79 Å². The van der Waals surface area contributed by atoms with E-state index in [1.165, 1.54) is 50.3 Å². The molecule has 0 fully saturated rings. The van der Waals surface area contributed by atoms with Gasteiger partial charge in [0.2, 0.25) is 11.5 Å². The van der Waals surface area contributed by atoms with E-state index in [1.54, 1.807) is 0 Å². The smallest absolute Gasteiger partial charge is 0.416 e. The molecule has 6 nitrogen and oxygen atoms in total. The highest BCUT2D eigenvalue weighted by Gasteiger charge is 2.31. The second kappa shape index (κ2) is 6.82. The molecule has 2 heterocycles. The number of halogens is 3. The second-order valence-electron chi connectivity index (χ2n) is 5.55. The molecule has 3 aromatic rings. The third-order valence-corrected chi connectivity index (χ3v) is 3.95. The highest BCUT2D eigenvalue weighted by atomic mass is 19.4. The lowest BCUT2D eigenvalue weighted by Crippen LogP contribution is -2.05. The van der Waals surface area contributed by atoms with Crippen molar-refractivity contribution in [3.05, 3.63) is 53.5 Å². The number of rotatable bonds is 5. The van der Waals surface area contributed by atoms with E-state index in [-0.39, 0.29) is 28.4 Å². The first-order valence-electron chi connectivity index (χ1n) is 7.69. The van der Waals surface area contributed by atoms with Crippen LogP contribution in [0.1, 0.15) is 21.6 Å². The van der Waals surface area contributed by atoms with Crippen LogP contribution in [0.3, 0.4) is 0 Å². The van der Waals surface area contributed by atoms with Gasteiger partial charge in [-0.2, -0.15) is 13.2 Å². The number of benzene rings is 1. The highest BCUT2D eigenvalue weighted by molar-refractivity contribution is 6.08. The number of fused-ring (bicyclic) bond motifs is 1. The molecule has 0 bridgehead atoms. The maximum Gasteiger partial charge on any atom is 0.416 e. The van der Waals surface area contributed by atoms with Gasteiger partial charge < -0.3 is 18.6 Å². The molecule has 0 aliphatic heterocycles. The molecule has 0 radical (unpaired) electrons. The van der Waals surface area contributed by atoms with Gasteiger partial charge in [0.25, 0.3) is 0 Å². The van der Waals surface area contributed by atoms with Gasteiger partial charge in [-0.05, 0) is 24.3 Å². The zero-order chi connectivity index (χ0) is 19.8. The molecule has 142 valence electrons. The van der Waals surface area contributed by atoms with Crippen molar-refractivity contribution in [2.75, 3.05) is 21.3 Å². The van der Waals surface area contributed by atoms with Crippen molar-refractivity contribution >= 4 is 11.4 Å². The molecule has 0 saturated carbocycles. The number of aromatic nitrogens is 2. The summed E-state index contributed by atoms with van der Waals surface area (Å²) in [6, 6.07) is 4.71. The van der Waals surface area contributed by atoms with Crippen LogP contribution >= 0.6 is 0 Å². The summed E-state index contributed by atoms with van der Waals surface area (Å²) in [5, 5.41) is 0. The molecular weight excluding hydrogens is 365 g/mol. The lowest BCUT2D eigenvalue weighted by atomic mass is 10.1. The van der Waals surface area contributed by atoms with Gasteiger partial charge in [0, 0.05) is 18.0 Å². The van der Waals surface area contributed by atoms with Crippen LogP contribution in [0, 0.1) is 0 Å². The molecule has 0 saturated heterocycles. The van der Waals surface area contributed by atoms with E-state index in [9.17, 15) is 18.0 Å². The first kappa shape index (κ1) is 18.6. The highest BCUT2D eigenvalue weighted by Crippen LogP contribution is 2.38. The standard InChI is InChI=1S/C18H15F3N2O4/c1-25-13-6-10(7-14(26-2)17(13)27-3)16(24)12-9-23-5-4-11(18(19,20)21)8-15(23)22-12/h4-9H,1-3H3. The fourth-order valence-electron chi connectivity index (χ4n) is 2.63. The average Bonchev–Trinajstić information content (AvgIpc) is 3.08. The van der Waals surface area contributed by atoms with Crippen LogP contribution in [-0.2, 0) is 6.18 Å². The number of pyridine rings is 1. The number of hydrogen-bond acceptors (Lipinski definition) is 5. The summed E-state index contributed by atoms with van der Waals surface area (Å²) >= 11 is 0. The normalized spacial score (nSPS) is 11.5. The average molecular weight is 380 g/mol. The summed E-state index contributed by atoms with van der Waals surface area (Å²) in [6.07, 6.45) is -1.92. The zero-order valence-corrected chi connectivity index (χ0v) is 14.6. The maximum absolute atomic E-state index is 12.8. The SMILES string of the molecule is COc1cc(C(=O)c2cn3ccc(C(F)(F)F)cc3n2)cc(OC)c1OC. The third-order valence-electron chi connectivity index (χ3n) is 3.95. The van der Waals surface area contributed by atoms with Crippen molar-refractivity contribution < 1.29 is 32.2 Å². The molecule has 0 aliphatic rings. The van der Waals surface area contributed by atoms with E-state index in [0.717, 1.165) is 12.1 Å². The number of methoxy groups -OCH3 is 3. The Bertz CT molecular complexity index is 986. The molecule has 0 unspecified atom stereocenters. The van der Waals surface area contributed by atoms with E-state index in [0.29, 0.717) is 5.75 Å². The first-order chi connectivity index (χ1) is 12.8. The largest absolute Gasteiger partial charge is 0.493 e. The Morgan fingerprint density at radius 1 is 1.04 bits per heavy atom. The Labute approximate surface area is 152 Å².